The van der Waals surface area contributed by atoms with Gasteiger partial charge in [-0.15, -0.1) is 0 Å². The van der Waals surface area contributed by atoms with Crippen LogP contribution >= 0.6 is 0 Å². The molecule has 1 atom stereocenters. The van der Waals surface area contributed by atoms with Gasteiger partial charge in [-0.1, -0.05) is 0 Å². The van der Waals surface area contributed by atoms with E-state index in [1.54, 1.807) is 0 Å². The fourth-order valence-corrected chi connectivity index (χ4v) is 3.88. The Balaban J connectivity index is 2.18. The van der Waals surface area contributed by atoms with Crippen LogP contribution < -0.4 is 16.8 Å². The molecule has 0 aliphatic carbocycles. The average Bonchev–Trinajstić information content (AvgIpc) is 2.43. The summed E-state index contributed by atoms with van der Waals surface area (Å²) in [5.41, 5.74) is 11.2. The number of amides is 1. The lowest BCUT2D eigenvalue weighted by molar-refractivity contribution is -0.123. The Bertz CT molecular complexity index is 451. The predicted octanol–water partition coefficient (Wildman–Crippen LogP) is -0.601. The van der Waals surface area contributed by atoms with Gasteiger partial charge in [0.15, 0.2) is 0 Å². The number of rotatable bonds is 8. The van der Waals surface area contributed by atoms with Gasteiger partial charge in [0, 0.05) is 24.5 Å². The van der Waals surface area contributed by atoms with Crippen LogP contribution in [0.15, 0.2) is 0 Å². The van der Waals surface area contributed by atoms with Gasteiger partial charge in [-0.05, 0) is 32.6 Å². The number of ether oxygens (including phenoxy) is 1. The van der Waals surface area contributed by atoms with Crippen molar-refractivity contribution in [2.24, 2.45) is 17.4 Å². The topological polar surface area (TPSA) is 125 Å². The fourth-order valence-electron chi connectivity index (χ4n) is 2.35. The van der Waals surface area contributed by atoms with E-state index in [0.29, 0.717) is 32.6 Å². The van der Waals surface area contributed by atoms with Gasteiger partial charge in [-0.2, -0.15) is 0 Å². The van der Waals surface area contributed by atoms with Crippen LogP contribution in [0.1, 0.15) is 33.1 Å². The summed E-state index contributed by atoms with van der Waals surface area (Å²) in [4.78, 5) is 11.7. The van der Waals surface area contributed by atoms with Gasteiger partial charge in [0.25, 0.3) is 0 Å². The third-order valence-electron chi connectivity index (χ3n) is 3.98. The molecule has 0 radical (unpaired) electrons. The van der Waals surface area contributed by atoms with Crippen molar-refractivity contribution in [3.8, 4) is 0 Å². The van der Waals surface area contributed by atoms with Crippen LogP contribution in [0, 0.1) is 5.92 Å². The molecule has 1 amide bonds. The summed E-state index contributed by atoms with van der Waals surface area (Å²) in [5.74, 6) is 0.491. The molecule has 1 aliphatic rings. The first-order chi connectivity index (χ1) is 10.2. The molecule has 5 N–H and O–H groups in total. The minimum atomic E-state index is -2.87. The lowest BCUT2D eigenvalue weighted by Crippen LogP contribution is -2.49. The van der Waals surface area contributed by atoms with Crippen molar-refractivity contribution in [1.29, 1.82) is 0 Å². The normalized spacial score (nSPS) is 20.5. The zero-order valence-corrected chi connectivity index (χ0v) is 14.3. The summed E-state index contributed by atoms with van der Waals surface area (Å²) < 4.78 is 28.2. The third-order valence-corrected chi connectivity index (χ3v) is 5.69. The van der Waals surface area contributed by atoms with Crippen LogP contribution in [0.25, 0.3) is 0 Å². The summed E-state index contributed by atoms with van der Waals surface area (Å²) >= 11 is 0. The third kappa shape index (κ3) is 7.04. The maximum absolute atomic E-state index is 11.7. The Hall–Kier alpha value is -0.700. The smallest absolute Gasteiger partial charge is 0.222 e. The van der Waals surface area contributed by atoms with E-state index in [-0.39, 0.29) is 35.8 Å². The van der Waals surface area contributed by atoms with Crippen molar-refractivity contribution in [2.75, 3.05) is 31.3 Å². The van der Waals surface area contributed by atoms with E-state index < -0.39 is 15.4 Å². The van der Waals surface area contributed by atoms with Crippen LogP contribution in [0.5, 0.6) is 0 Å². The highest BCUT2D eigenvalue weighted by Gasteiger charge is 2.27. The molecule has 1 saturated heterocycles. The Labute approximate surface area is 133 Å². The summed E-state index contributed by atoms with van der Waals surface area (Å²) in [6, 6.07) is -0.181. The van der Waals surface area contributed by atoms with Crippen molar-refractivity contribution in [1.82, 2.24) is 5.32 Å². The Morgan fingerprint density at radius 1 is 1.36 bits per heavy atom. The second-order valence-corrected chi connectivity index (χ2v) is 8.92. The standard InChI is InChI=1S/C14H29N3O4S/c1-14(2,10-15)17-13(18)3-6-21-9-12(16)11-4-7-22(19,20)8-5-11/h11-12H,3-10,15-16H2,1-2H3,(H,17,18). The van der Waals surface area contributed by atoms with Gasteiger partial charge in [-0.25, -0.2) is 8.42 Å². The minimum absolute atomic E-state index is 0.104. The van der Waals surface area contributed by atoms with Gasteiger partial charge < -0.3 is 21.5 Å². The summed E-state index contributed by atoms with van der Waals surface area (Å²) in [6.45, 7) is 4.73. The first-order valence-corrected chi connectivity index (χ1v) is 9.52. The molecule has 130 valence electrons. The highest BCUT2D eigenvalue weighted by molar-refractivity contribution is 7.91. The lowest BCUT2D eigenvalue weighted by Gasteiger charge is -2.27. The molecule has 1 unspecified atom stereocenters. The minimum Gasteiger partial charge on any atom is -0.379 e. The van der Waals surface area contributed by atoms with Crippen molar-refractivity contribution in [2.45, 2.75) is 44.7 Å². The highest BCUT2D eigenvalue weighted by atomic mass is 32.2. The molecule has 0 aromatic heterocycles. The molecule has 7 nitrogen and oxygen atoms in total. The molecule has 0 spiro atoms. The molecule has 1 aliphatic heterocycles. The fraction of sp³-hybridized carbons (Fsp3) is 0.929. The van der Waals surface area contributed by atoms with Crippen molar-refractivity contribution < 1.29 is 17.9 Å². The predicted molar refractivity (Wildman–Crippen MR) is 86.1 cm³/mol. The van der Waals surface area contributed by atoms with Crippen LogP contribution in [0.4, 0.5) is 0 Å². The molecular formula is C14H29N3O4S. The van der Waals surface area contributed by atoms with Crippen molar-refractivity contribution >= 4 is 15.7 Å². The van der Waals surface area contributed by atoms with Gasteiger partial charge >= 0.3 is 0 Å². The van der Waals surface area contributed by atoms with Gasteiger partial charge in [0.1, 0.15) is 9.84 Å². The lowest BCUT2D eigenvalue weighted by atomic mass is 9.95. The molecule has 0 aromatic carbocycles. The average molecular weight is 335 g/mol. The quantitative estimate of drug-likeness (QED) is 0.509. The van der Waals surface area contributed by atoms with Crippen LogP contribution in [0.3, 0.4) is 0 Å². The molecule has 1 heterocycles. The summed E-state index contributed by atoms with van der Waals surface area (Å²) in [5, 5.41) is 2.82. The van der Waals surface area contributed by atoms with Gasteiger partial charge in [0.05, 0.1) is 24.7 Å². The number of sulfone groups is 1. The summed E-state index contributed by atoms with van der Waals surface area (Å²) in [6.07, 6.45) is 1.45. The second kappa shape index (κ2) is 8.24. The Morgan fingerprint density at radius 2 is 1.95 bits per heavy atom. The number of carbonyl (C=O) groups excluding carboxylic acids is 1. The molecule has 1 rings (SSSR count). The van der Waals surface area contributed by atoms with E-state index in [1.165, 1.54) is 0 Å². The van der Waals surface area contributed by atoms with Crippen LogP contribution in [-0.4, -0.2) is 57.2 Å². The maximum atomic E-state index is 11.7. The van der Waals surface area contributed by atoms with E-state index in [0.717, 1.165) is 0 Å². The van der Waals surface area contributed by atoms with E-state index >= 15 is 0 Å². The molecule has 0 bridgehead atoms. The number of hydrogen-bond donors (Lipinski definition) is 3. The second-order valence-electron chi connectivity index (χ2n) is 6.61. The Morgan fingerprint density at radius 3 is 2.50 bits per heavy atom. The number of nitrogens with one attached hydrogen (secondary N) is 1. The molecule has 0 saturated carbocycles. The number of hydrogen-bond acceptors (Lipinski definition) is 6. The number of carbonyl (C=O) groups is 1. The zero-order valence-electron chi connectivity index (χ0n) is 13.5. The monoisotopic (exact) mass is 335 g/mol. The van der Waals surface area contributed by atoms with Gasteiger partial charge in [0.2, 0.25) is 5.91 Å². The van der Waals surface area contributed by atoms with Crippen molar-refractivity contribution in [3.63, 3.8) is 0 Å². The van der Waals surface area contributed by atoms with E-state index in [2.05, 4.69) is 5.32 Å². The van der Waals surface area contributed by atoms with E-state index in [1.807, 2.05) is 13.8 Å². The van der Waals surface area contributed by atoms with Crippen LogP contribution in [-0.2, 0) is 19.4 Å². The first-order valence-electron chi connectivity index (χ1n) is 7.70. The SMILES string of the molecule is CC(C)(CN)NC(=O)CCOCC(N)C1CCS(=O)(=O)CC1. The van der Waals surface area contributed by atoms with E-state index in [9.17, 15) is 13.2 Å². The molecular weight excluding hydrogens is 306 g/mol. The van der Waals surface area contributed by atoms with Crippen molar-refractivity contribution in [3.05, 3.63) is 0 Å². The van der Waals surface area contributed by atoms with Gasteiger partial charge in [-0.3, -0.25) is 4.79 Å². The maximum Gasteiger partial charge on any atom is 0.222 e. The first kappa shape index (κ1) is 19.3. The highest BCUT2D eigenvalue weighted by Crippen LogP contribution is 2.21. The zero-order chi connectivity index (χ0) is 16.8. The largest absolute Gasteiger partial charge is 0.379 e. The van der Waals surface area contributed by atoms with Crippen LogP contribution in [0.2, 0.25) is 0 Å². The number of nitrogens with two attached hydrogens (primary N) is 2. The molecule has 22 heavy (non-hydrogen) atoms. The Kier molecular flexibility index (Phi) is 7.24. The molecule has 0 aromatic rings. The molecule has 8 heteroatoms. The molecule has 1 fully saturated rings. The van der Waals surface area contributed by atoms with E-state index in [4.69, 9.17) is 16.2 Å². The summed E-state index contributed by atoms with van der Waals surface area (Å²) in [7, 11) is -2.87.